The van der Waals surface area contributed by atoms with Gasteiger partial charge in [0.05, 0.1) is 11.1 Å². The molecule has 1 amide bonds. The monoisotopic (exact) mass is 274 g/mol. The second-order valence-corrected chi connectivity index (χ2v) is 6.09. The Morgan fingerprint density at radius 2 is 1.90 bits per heavy atom. The molecule has 0 spiro atoms. The van der Waals surface area contributed by atoms with Gasteiger partial charge in [-0.15, -0.1) is 0 Å². The molecule has 1 aliphatic carbocycles. The van der Waals surface area contributed by atoms with Crippen LogP contribution in [0.25, 0.3) is 0 Å². The topological polar surface area (TPSA) is 49.3 Å². The van der Waals surface area contributed by atoms with E-state index in [0.717, 1.165) is 44.7 Å². The number of carbonyl (C=O) groups is 1. The molecule has 0 bridgehead atoms. The molecule has 2 fully saturated rings. The fourth-order valence-electron chi connectivity index (χ4n) is 2.99. The summed E-state index contributed by atoms with van der Waals surface area (Å²) < 4.78 is 0. The lowest BCUT2D eigenvalue weighted by atomic mass is 10.0. The zero-order valence-corrected chi connectivity index (χ0v) is 12.2. The number of amides is 1. The number of hydrogen-bond acceptors (Lipinski definition) is 4. The predicted octanol–water partition coefficient (Wildman–Crippen LogP) is 1.06. The maximum Gasteiger partial charge on any atom is 0.234 e. The van der Waals surface area contributed by atoms with Gasteiger partial charge in [0.2, 0.25) is 5.91 Å². The van der Waals surface area contributed by atoms with Gasteiger partial charge in [0.1, 0.15) is 0 Å². The van der Waals surface area contributed by atoms with Crippen molar-refractivity contribution in [3.63, 3.8) is 0 Å². The van der Waals surface area contributed by atoms with Crippen molar-refractivity contribution in [2.24, 2.45) is 0 Å². The molecular formula is C15H22N4O. The first-order valence-electron chi connectivity index (χ1n) is 7.43. The number of nitrogens with zero attached hydrogens (tertiary/aromatic N) is 4. The van der Waals surface area contributed by atoms with Crippen molar-refractivity contribution < 1.29 is 4.79 Å². The fourth-order valence-corrected chi connectivity index (χ4v) is 2.99. The smallest absolute Gasteiger partial charge is 0.234 e. The zero-order chi connectivity index (χ0) is 14.2. The van der Waals surface area contributed by atoms with Gasteiger partial charge in [-0.1, -0.05) is 0 Å². The van der Waals surface area contributed by atoms with Crippen LogP contribution in [0.1, 0.15) is 32.4 Å². The summed E-state index contributed by atoms with van der Waals surface area (Å²) in [5.41, 5.74) is 0.477. The Morgan fingerprint density at radius 3 is 2.40 bits per heavy atom. The van der Waals surface area contributed by atoms with E-state index < -0.39 is 0 Å². The molecule has 0 radical (unpaired) electrons. The van der Waals surface area contributed by atoms with Crippen LogP contribution in [0, 0.1) is 0 Å². The van der Waals surface area contributed by atoms with E-state index in [9.17, 15) is 4.79 Å². The van der Waals surface area contributed by atoms with Crippen molar-refractivity contribution in [2.75, 3.05) is 26.2 Å². The van der Waals surface area contributed by atoms with Crippen molar-refractivity contribution in [3.05, 3.63) is 24.3 Å². The molecule has 108 valence electrons. The molecule has 0 aromatic carbocycles. The van der Waals surface area contributed by atoms with Crippen molar-refractivity contribution in [1.82, 2.24) is 19.8 Å². The van der Waals surface area contributed by atoms with Crippen LogP contribution in [0.15, 0.2) is 18.6 Å². The van der Waals surface area contributed by atoms with Crippen LogP contribution in [0.4, 0.5) is 0 Å². The molecule has 2 heterocycles. The van der Waals surface area contributed by atoms with Crippen LogP contribution < -0.4 is 0 Å². The summed E-state index contributed by atoms with van der Waals surface area (Å²) in [6.45, 7) is 8.02. The molecule has 20 heavy (non-hydrogen) atoms. The van der Waals surface area contributed by atoms with Crippen molar-refractivity contribution in [2.45, 2.75) is 38.1 Å². The van der Waals surface area contributed by atoms with Gasteiger partial charge in [0.15, 0.2) is 0 Å². The van der Waals surface area contributed by atoms with E-state index >= 15 is 0 Å². The number of aromatic nitrogens is 2. The predicted molar refractivity (Wildman–Crippen MR) is 76.2 cm³/mol. The lowest BCUT2D eigenvalue weighted by Crippen LogP contribution is -2.53. The Morgan fingerprint density at radius 1 is 1.20 bits per heavy atom. The molecule has 5 nitrogen and oxygen atoms in total. The summed E-state index contributed by atoms with van der Waals surface area (Å²) in [7, 11) is 0. The van der Waals surface area contributed by atoms with Gasteiger partial charge in [-0.25, -0.2) is 0 Å². The Hall–Kier alpha value is -1.49. The fraction of sp³-hybridized carbons (Fsp3) is 0.667. The first-order valence-corrected chi connectivity index (χ1v) is 7.43. The zero-order valence-electron chi connectivity index (χ0n) is 12.2. The Labute approximate surface area is 120 Å². The van der Waals surface area contributed by atoms with E-state index in [1.165, 1.54) is 0 Å². The molecule has 0 atom stereocenters. The van der Waals surface area contributed by atoms with Gasteiger partial charge >= 0.3 is 0 Å². The van der Waals surface area contributed by atoms with E-state index in [4.69, 9.17) is 0 Å². The molecule has 1 saturated carbocycles. The summed E-state index contributed by atoms with van der Waals surface area (Å²) in [4.78, 5) is 25.7. The summed E-state index contributed by atoms with van der Waals surface area (Å²) in [6, 6.07) is 0.558. The minimum atomic E-state index is -0.367. The standard InChI is InChI=1S/C15H22N4O/c1-12(2)18-7-9-19(10-8-18)14(20)15(3-4-15)13-11-16-5-6-17-13/h5-6,11-12H,3-4,7-10H2,1-2H3. The van der Waals surface area contributed by atoms with Crippen LogP contribution in [-0.2, 0) is 10.2 Å². The normalized spacial score (nSPS) is 22.1. The molecule has 5 heteroatoms. The average Bonchev–Trinajstić information content (AvgIpc) is 3.29. The van der Waals surface area contributed by atoms with Gasteiger partial charge in [0.25, 0.3) is 0 Å². The lowest BCUT2D eigenvalue weighted by molar-refractivity contribution is -0.136. The first-order chi connectivity index (χ1) is 9.63. The quantitative estimate of drug-likeness (QED) is 0.827. The molecule has 3 rings (SSSR count). The number of piperazine rings is 1. The third-order valence-electron chi connectivity index (χ3n) is 4.54. The maximum atomic E-state index is 12.8. The van der Waals surface area contributed by atoms with Crippen LogP contribution in [0.3, 0.4) is 0 Å². The molecule has 1 aromatic heterocycles. The molecular weight excluding hydrogens is 252 g/mol. The van der Waals surface area contributed by atoms with Gasteiger partial charge < -0.3 is 4.90 Å². The largest absolute Gasteiger partial charge is 0.339 e. The van der Waals surface area contributed by atoms with Crippen molar-refractivity contribution >= 4 is 5.91 Å². The van der Waals surface area contributed by atoms with Gasteiger partial charge in [0, 0.05) is 50.8 Å². The first kappa shape index (κ1) is 13.5. The second kappa shape index (κ2) is 5.13. The van der Waals surface area contributed by atoms with E-state index in [1.807, 2.05) is 4.90 Å². The third kappa shape index (κ3) is 2.30. The third-order valence-corrected chi connectivity index (χ3v) is 4.54. The highest BCUT2D eigenvalue weighted by atomic mass is 16.2. The molecule has 1 aromatic rings. The lowest BCUT2D eigenvalue weighted by Gasteiger charge is -2.38. The van der Waals surface area contributed by atoms with Crippen LogP contribution in [0.2, 0.25) is 0 Å². The van der Waals surface area contributed by atoms with Crippen LogP contribution >= 0.6 is 0 Å². The highest BCUT2D eigenvalue weighted by Gasteiger charge is 2.54. The number of hydrogen-bond donors (Lipinski definition) is 0. The highest BCUT2D eigenvalue weighted by Crippen LogP contribution is 2.48. The van der Waals surface area contributed by atoms with Crippen molar-refractivity contribution in [1.29, 1.82) is 0 Å². The Bertz CT molecular complexity index is 476. The van der Waals surface area contributed by atoms with Gasteiger partial charge in [-0.3, -0.25) is 19.7 Å². The number of carbonyl (C=O) groups excluding carboxylic acids is 1. The number of rotatable bonds is 3. The van der Waals surface area contributed by atoms with Crippen LogP contribution in [-0.4, -0.2) is 57.9 Å². The molecule has 1 aliphatic heterocycles. The highest BCUT2D eigenvalue weighted by molar-refractivity contribution is 5.90. The summed E-state index contributed by atoms with van der Waals surface area (Å²) in [6.07, 6.45) is 6.91. The summed E-state index contributed by atoms with van der Waals surface area (Å²) in [5, 5.41) is 0. The van der Waals surface area contributed by atoms with Crippen LogP contribution in [0.5, 0.6) is 0 Å². The van der Waals surface area contributed by atoms with E-state index in [1.54, 1.807) is 18.6 Å². The Balaban J connectivity index is 1.69. The molecule has 2 aliphatic rings. The summed E-state index contributed by atoms with van der Waals surface area (Å²) in [5.74, 6) is 0.251. The van der Waals surface area contributed by atoms with E-state index in [2.05, 4.69) is 28.7 Å². The average molecular weight is 274 g/mol. The van der Waals surface area contributed by atoms with Gasteiger partial charge in [-0.05, 0) is 26.7 Å². The van der Waals surface area contributed by atoms with E-state index in [0.29, 0.717) is 6.04 Å². The minimum absolute atomic E-state index is 0.251. The van der Waals surface area contributed by atoms with Crippen molar-refractivity contribution in [3.8, 4) is 0 Å². The molecule has 1 saturated heterocycles. The minimum Gasteiger partial charge on any atom is -0.339 e. The van der Waals surface area contributed by atoms with Gasteiger partial charge in [-0.2, -0.15) is 0 Å². The summed E-state index contributed by atoms with van der Waals surface area (Å²) >= 11 is 0. The second-order valence-electron chi connectivity index (χ2n) is 6.09. The van der Waals surface area contributed by atoms with E-state index in [-0.39, 0.29) is 11.3 Å². The maximum absolute atomic E-state index is 12.8. The Kier molecular flexibility index (Phi) is 3.46. The molecule has 0 unspecified atom stereocenters. The molecule has 0 N–H and O–H groups in total. The SMILES string of the molecule is CC(C)N1CCN(C(=O)C2(c3cnccn3)CC2)CC1.